The van der Waals surface area contributed by atoms with E-state index in [0.717, 1.165) is 5.70 Å². The molecule has 0 spiro atoms. The second-order valence-electron chi connectivity index (χ2n) is 1.91. The fraction of sp³-hybridized carbons (Fsp3) is 0.333. The van der Waals surface area contributed by atoms with Crippen molar-refractivity contribution >= 4 is 28.5 Å². The first-order valence-electron chi connectivity index (χ1n) is 3.09. The van der Waals surface area contributed by atoms with E-state index in [2.05, 4.69) is 17.2 Å². The van der Waals surface area contributed by atoms with Gasteiger partial charge in [-0.3, -0.25) is 4.99 Å². The van der Waals surface area contributed by atoms with Crippen LogP contribution < -0.4 is 5.32 Å². The molecule has 2 nitrogen and oxygen atoms in total. The Bertz CT molecular complexity index is 213. The van der Waals surface area contributed by atoms with E-state index in [1.807, 2.05) is 6.26 Å². The SMILES string of the molecule is [CH2-]C1=CC(Cl)=NC(SC)N1.[F][W][F]. The van der Waals surface area contributed by atoms with Crippen molar-refractivity contribution in [3.63, 3.8) is 0 Å². The van der Waals surface area contributed by atoms with Crippen molar-refractivity contribution in [2.24, 2.45) is 4.99 Å². The molecule has 1 aliphatic heterocycles. The molecule has 1 heterocycles. The summed E-state index contributed by atoms with van der Waals surface area (Å²) < 4.78 is 19.6. The van der Waals surface area contributed by atoms with Gasteiger partial charge < -0.3 is 5.32 Å². The number of nitrogens with one attached hydrogen (secondary N) is 1. The van der Waals surface area contributed by atoms with Gasteiger partial charge >= 0.3 is 25.9 Å². The Labute approximate surface area is 95.0 Å². The van der Waals surface area contributed by atoms with E-state index >= 15 is 0 Å². The van der Waals surface area contributed by atoms with Crippen molar-refractivity contribution in [1.29, 1.82) is 0 Å². The summed E-state index contributed by atoms with van der Waals surface area (Å²) in [4.78, 5) is 4.07. The van der Waals surface area contributed by atoms with Crippen LogP contribution in [0.2, 0.25) is 0 Å². The molecular weight excluding hydrogens is 389 g/mol. The fourth-order valence-corrected chi connectivity index (χ4v) is 1.41. The number of aliphatic imine (C=N–C) groups is 1. The fourth-order valence-electron chi connectivity index (χ4n) is 0.637. The molecule has 76 valence electrons. The van der Waals surface area contributed by atoms with Gasteiger partial charge in [0.1, 0.15) is 0 Å². The molecule has 1 rings (SSSR count). The topological polar surface area (TPSA) is 24.4 Å². The molecule has 1 aliphatic rings. The molecule has 1 unspecified atom stereocenters. The Morgan fingerprint density at radius 3 is 2.69 bits per heavy atom. The van der Waals surface area contributed by atoms with Crippen molar-refractivity contribution in [2.75, 3.05) is 6.26 Å². The number of rotatable bonds is 1. The van der Waals surface area contributed by atoms with Crippen LogP contribution in [0.5, 0.6) is 0 Å². The Morgan fingerprint density at radius 2 is 2.31 bits per heavy atom. The zero-order chi connectivity index (χ0) is 10.3. The van der Waals surface area contributed by atoms with E-state index in [9.17, 15) is 6.32 Å². The van der Waals surface area contributed by atoms with Crippen molar-refractivity contribution in [2.45, 2.75) is 5.50 Å². The van der Waals surface area contributed by atoms with E-state index in [0.29, 0.717) is 5.17 Å². The van der Waals surface area contributed by atoms with Crippen LogP contribution >= 0.6 is 23.4 Å². The molecule has 0 bridgehead atoms. The zero-order valence-electron chi connectivity index (χ0n) is 6.76. The second-order valence-corrected chi connectivity index (χ2v) is 3.64. The zero-order valence-corrected chi connectivity index (χ0v) is 11.3. The summed E-state index contributed by atoms with van der Waals surface area (Å²) in [6.07, 6.45) is 3.66. The summed E-state index contributed by atoms with van der Waals surface area (Å²) in [7, 11) is 0. The van der Waals surface area contributed by atoms with Gasteiger partial charge in [-0.2, -0.15) is 6.08 Å². The van der Waals surface area contributed by atoms with Gasteiger partial charge in [0.2, 0.25) is 0 Å². The molecule has 7 heteroatoms. The van der Waals surface area contributed by atoms with Crippen LogP contribution in [0, 0.1) is 6.92 Å². The molecule has 0 radical (unpaired) electrons. The summed E-state index contributed by atoms with van der Waals surface area (Å²) in [6.45, 7) is 3.72. The van der Waals surface area contributed by atoms with E-state index in [1.54, 1.807) is 17.8 Å². The second kappa shape index (κ2) is 7.65. The van der Waals surface area contributed by atoms with Gasteiger partial charge in [-0.1, -0.05) is 11.6 Å². The number of hydrogen-bond acceptors (Lipinski definition) is 3. The number of nitrogens with zero attached hydrogens (tertiary/aromatic N) is 1. The monoisotopic (exact) mass is 397 g/mol. The first-order valence-corrected chi connectivity index (χ1v) is 6.98. The predicted molar refractivity (Wildman–Crippen MR) is 49.4 cm³/mol. The molecule has 13 heavy (non-hydrogen) atoms. The maximum absolute atomic E-state index is 9.79. The van der Waals surface area contributed by atoms with Crippen molar-refractivity contribution < 1.29 is 25.9 Å². The quantitative estimate of drug-likeness (QED) is 0.688. The van der Waals surface area contributed by atoms with Gasteiger partial charge in [-0.05, 0) is 6.26 Å². The van der Waals surface area contributed by atoms with Gasteiger partial charge in [0.25, 0.3) is 0 Å². The third-order valence-electron chi connectivity index (χ3n) is 1.07. The minimum absolute atomic E-state index is 0.0324. The molecule has 0 aromatic carbocycles. The Morgan fingerprint density at radius 1 is 1.77 bits per heavy atom. The molecule has 0 fully saturated rings. The molecule has 0 saturated heterocycles. The van der Waals surface area contributed by atoms with Crippen molar-refractivity contribution in [3.8, 4) is 0 Å². The molecule has 1 atom stereocenters. The molecule has 0 saturated carbocycles. The Balaban J connectivity index is 0.000000424. The van der Waals surface area contributed by atoms with E-state index in [4.69, 9.17) is 11.6 Å². The van der Waals surface area contributed by atoms with Crippen LogP contribution in [0.15, 0.2) is 16.8 Å². The molecule has 0 aromatic heterocycles. The number of hydrogen-bond donors (Lipinski definition) is 1. The van der Waals surface area contributed by atoms with Gasteiger partial charge in [0.15, 0.2) is 5.50 Å². The standard InChI is InChI=1S/C6H8ClN2S.2FH.W/c1-4-3-5(7)9-6(8-4)10-2;;;/h3,6,8H,1H2,2H3;2*1H;/q-1;;;+2/p-2. The van der Waals surface area contributed by atoms with Crippen LogP contribution in [-0.4, -0.2) is 16.9 Å². The van der Waals surface area contributed by atoms with E-state index in [-0.39, 0.29) is 5.50 Å². The van der Waals surface area contributed by atoms with Crippen LogP contribution in [0.1, 0.15) is 0 Å². The summed E-state index contributed by atoms with van der Waals surface area (Å²) >= 11 is 4.50. The van der Waals surface area contributed by atoms with Gasteiger partial charge in [0.05, 0.1) is 0 Å². The van der Waals surface area contributed by atoms with Crippen molar-refractivity contribution in [1.82, 2.24) is 5.32 Å². The van der Waals surface area contributed by atoms with Crippen LogP contribution in [0.4, 0.5) is 6.32 Å². The average molecular weight is 398 g/mol. The van der Waals surface area contributed by atoms with Gasteiger partial charge in [-0.25, -0.2) is 6.92 Å². The van der Waals surface area contributed by atoms with Crippen molar-refractivity contribution in [3.05, 3.63) is 18.7 Å². The van der Waals surface area contributed by atoms with E-state index in [1.165, 1.54) is 0 Å². The first-order chi connectivity index (χ1) is 6.13. The minimum atomic E-state index is -2.75. The normalized spacial score (nSPS) is 20.5. The molecule has 0 amide bonds. The Hall–Kier alpha value is 0.268. The third kappa shape index (κ3) is 6.35. The Kier molecular flexibility index (Phi) is 7.81. The van der Waals surface area contributed by atoms with Gasteiger partial charge in [0, 0.05) is 5.17 Å². The van der Waals surface area contributed by atoms with Gasteiger partial charge in [-0.15, -0.1) is 17.5 Å². The predicted octanol–water partition coefficient (Wildman–Crippen LogP) is 2.43. The first kappa shape index (κ1) is 13.3. The van der Waals surface area contributed by atoms with Crippen LogP contribution in [0.3, 0.4) is 0 Å². The number of thioether (sulfide) groups is 1. The number of allylic oxidation sites excluding steroid dienone is 2. The van der Waals surface area contributed by atoms with Crippen LogP contribution in [-0.2, 0) is 19.6 Å². The van der Waals surface area contributed by atoms with Crippen LogP contribution in [0.25, 0.3) is 0 Å². The number of halogens is 3. The summed E-state index contributed by atoms with van der Waals surface area (Å²) in [5.41, 5.74) is 0.851. The molecule has 0 aliphatic carbocycles. The van der Waals surface area contributed by atoms with E-state index < -0.39 is 19.6 Å². The third-order valence-corrected chi connectivity index (χ3v) is 1.94. The summed E-state index contributed by atoms with van der Waals surface area (Å²) in [5.74, 6) is 0. The average Bonchev–Trinajstić information content (AvgIpc) is 2.04. The molecular formula is C6H8ClF2N2SW-. The molecule has 1 N–H and O–H groups in total. The molecule has 0 aromatic rings. The maximum atomic E-state index is 9.79. The summed E-state index contributed by atoms with van der Waals surface area (Å²) in [6, 6.07) is 0. The summed E-state index contributed by atoms with van der Waals surface area (Å²) in [5, 5.41) is 3.55.